The molecule has 3 rings (SSSR count). The number of esters is 2. The molecule has 0 saturated heterocycles. The average Bonchev–Trinajstić information content (AvgIpc) is 3.10. The summed E-state index contributed by atoms with van der Waals surface area (Å²) in [7, 11) is 0. The number of rotatable bonds is 6. The Hall–Kier alpha value is -3.12. The molecule has 6 nitrogen and oxygen atoms in total. The van der Waals surface area contributed by atoms with Crippen molar-refractivity contribution in [1.82, 2.24) is 5.16 Å². The second-order valence-corrected chi connectivity index (χ2v) is 6.54. The normalized spacial score (nSPS) is 11.7. The van der Waals surface area contributed by atoms with Gasteiger partial charge in [0.25, 0.3) is 0 Å². The molecule has 1 unspecified atom stereocenters. The van der Waals surface area contributed by atoms with Crippen LogP contribution in [0.25, 0.3) is 11.3 Å². The van der Waals surface area contributed by atoms with Gasteiger partial charge in [0.15, 0.2) is 0 Å². The van der Waals surface area contributed by atoms with Crippen LogP contribution in [0.3, 0.4) is 0 Å². The lowest BCUT2D eigenvalue weighted by Gasteiger charge is -2.14. The maximum Gasteiger partial charge on any atom is 0.311 e. The first kappa shape index (κ1) is 19.6. The maximum atomic E-state index is 12.4. The number of halogens is 1. The van der Waals surface area contributed by atoms with Crippen molar-refractivity contribution in [1.29, 1.82) is 0 Å². The lowest BCUT2D eigenvalue weighted by molar-refractivity contribution is -0.147. The number of hydrogen-bond donors (Lipinski definition) is 0. The van der Waals surface area contributed by atoms with Gasteiger partial charge in [-0.2, -0.15) is 0 Å². The molecule has 0 bridgehead atoms. The van der Waals surface area contributed by atoms with Crippen molar-refractivity contribution in [2.24, 2.45) is 0 Å². The monoisotopic (exact) mass is 399 g/mol. The molecule has 7 heteroatoms. The average molecular weight is 400 g/mol. The predicted octanol–water partition coefficient (Wildman–Crippen LogP) is 4.77. The van der Waals surface area contributed by atoms with E-state index in [4.69, 9.17) is 25.6 Å². The number of carbonyl (C=O) groups is 2. The van der Waals surface area contributed by atoms with E-state index in [1.54, 1.807) is 37.3 Å². The van der Waals surface area contributed by atoms with Gasteiger partial charge in [0.2, 0.25) is 0 Å². The smallest absolute Gasteiger partial charge is 0.311 e. The van der Waals surface area contributed by atoms with Gasteiger partial charge in [-0.25, -0.2) is 0 Å². The van der Waals surface area contributed by atoms with E-state index in [9.17, 15) is 9.59 Å². The van der Waals surface area contributed by atoms with Crippen LogP contribution in [0.4, 0.5) is 0 Å². The molecule has 3 aromatic rings. The molecule has 0 radical (unpaired) electrons. The summed E-state index contributed by atoms with van der Waals surface area (Å²) >= 11 is 6.15. The summed E-state index contributed by atoms with van der Waals surface area (Å²) in [6.45, 7) is 3.10. The molecular weight excluding hydrogens is 382 g/mol. The van der Waals surface area contributed by atoms with Gasteiger partial charge in [-0.15, -0.1) is 0 Å². The van der Waals surface area contributed by atoms with Crippen molar-refractivity contribution < 1.29 is 23.6 Å². The zero-order valence-electron chi connectivity index (χ0n) is 15.3. The quantitative estimate of drug-likeness (QED) is 0.439. The van der Waals surface area contributed by atoms with Crippen LogP contribution in [-0.4, -0.2) is 17.1 Å². The summed E-state index contributed by atoms with van der Waals surface area (Å²) in [6.07, 6.45) is 0.934. The molecule has 0 aliphatic carbocycles. The van der Waals surface area contributed by atoms with Crippen LogP contribution in [0.5, 0.6) is 5.75 Å². The van der Waals surface area contributed by atoms with E-state index in [1.165, 1.54) is 13.2 Å². The SMILES string of the molecule is CC(=O)Oc1ccc(-c2nocc2CC(=O)OC(C)c2ccccc2Cl)cc1. The van der Waals surface area contributed by atoms with E-state index in [0.717, 1.165) is 11.1 Å². The first-order valence-corrected chi connectivity index (χ1v) is 8.98. The largest absolute Gasteiger partial charge is 0.457 e. The van der Waals surface area contributed by atoms with Crippen molar-refractivity contribution in [3.8, 4) is 17.0 Å². The molecule has 28 heavy (non-hydrogen) atoms. The minimum absolute atomic E-state index is 0.000671. The van der Waals surface area contributed by atoms with E-state index in [0.29, 0.717) is 22.0 Å². The van der Waals surface area contributed by atoms with E-state index < -0.39 is 18.0 Å². The Labute approximate surface area is 167 Å². The van der Waals surface area contributed by atoms with E-state index in [-0.39, 0.29) is 6.42 Å². The Balaban J connectivity index is 1.69. The molecular formula is C21H18ClNO5. The Kier molecular flexibility index (Phi) is 6.11. The summed E-state index contributed by atoms with van der Waals surface area (Å²) in [5, 5.41) is 4.51. The highest BCUT2D eigenvalue weighted by atomic mass is 35.5. The predicted molar refractivity (Wildman–Crippen MR) is 103 cm³/mol. The molecule has 144 valence electrons. The number of benzene rings is 2. The molecule has 0 N–H and O–H groups in total. The van der Waals surface area contributed by atoms with Gasteiger partial charge >= 0.3 is 11.9 Å². The standard InChI is InChI=1S/C21H18ClNO5/c1-13(18-5-3-4-6-19(18)22)27-20(25)11-16-12-26-23-21(16)15-7-9-17(10-8-15)28-14(2)24/h3-10,12-13H,11H2,1-2H3. The van der Waals surface area contributed by atoms with Gasteiger partial charge < -0.3 is 14.0 Å². The summed E-state index contributed by atoms with van der Waals surface area (Å²) in [5.74, 6) is -0.395. The Morgan fingerprint density at radius 1 is 1.14 bits per heavy atom. The van der Waals surface area contributed by atoms with Crippen LogP contribution in [-0.2, 0) is 20.7 Å². The Morgan fingerprint density at radius 2 is 1.86 bits per heavy atom. The highest BCUT2D eigenvalue weighted by Gasteiger charge is 2.18. The molecule has 0 fully saturated rings. The van der Waals surface area contributed by atoms with Crippen molar-refractivity contribution in [3.63, 3.8) is 0 Å². The van der Waals surface area contributed by atoms with Crippen LogP contribution >= 0.6 is 11.6 Å². The van der Waals surface area contributed by atoms with Crippen LogP contribution in [0.15, 0.2) is 59.3 Å². The van der Waals surface area contributed by atoms with Crippen molar-refractivity contribution in [3.05, 3.63) is 70.9 Å². The van der Waals surface area contributed by atoms with Gasteiger partial charge in [0, 0.05) is 28.6 Å². The maximum absolute atomic E-state index is 12.4. The summed E-state index contributed by atoms with van der Waals surface area (Å²) in [6, 6.07) is 14.0. The summed E-state index contributed by atoms with van der Waals surface area (Å²) in [5.41, 5.74) is 2.59. The molecule has 0 spiro atoms. The number of carbonyl (C=O) groups excluding carboxylic acids is 2. The molecule has 0 aliphatic rings. The van der Waals surface area contributed by atoms with E-state index in [1.807, 2.05) is 18.2 Å². The summed E-state index contributed by atoms with van der Waals surface area (Å²) in [4.78, 5) is 23.4. The third-order valence-electron chi connectivity index (χ3n) is 4.02. The number of aromatic nitrogens is 1. The fourth-order valence-electron chi connectivity index (χ4n) is 2.73. The minimum Gasteiger partial charge on any atom is -0.457 e. The van der Waals surface area contributed by atoms with Gasteiger partial charge in [0.1, 0.15) is 23.8 Å². The number of hydrogen-bond acceptors (Lipinski definition) is 6. The summed E-state index contributed by atoms with van der Waals surface area (Å²) < 4.78 is 15.5. The molecule has 1 aromatic heterocycles. The zero-order chi connectivity index (χ0) is 20.1. The van der Waals surface area contributed by atoms with Crippen molar-refractivity contribution in [2.75, 3.05) is 0 Å². The fourth-order valence-corrected chi connectivity index (χ4v) is 3.02. The molecule has 1 heterocycles. The molecule has 1 atom stereocenters. The van der Waals surface area contributed by atoms with Crippen molar-refractivity contribution in [2.45, 2.75) is 26.4 Å². The molecule has 0 saturated carbocycles. The molecule has 2 aromatic carbocycles. The third-order valence-corrected chi connectivity index (χ3v) is 4.36. The number of ether oxygens (including phenoxy) is 2. The van der Waals surface area contributed by atoms with Gasteiger partial charge in [0.05, 0.1) is 6.42 Å². The van der Waals surface area contributed by atoms with Crippen LogP contribution in [0, 0.1) is 0 Å². The topological polar surface area (TPSA) is 78.6 Å². The Morgan fingerprint density at radius 3 is 2.54 bits per heavy atom. The zero-order valence-corrected chi connectivity index (χ0v) is 16.1. The third kappa shape index (κ3) is 4.78. The second kappa shape index (κ2) is 8.71. The van der Waals surface area contributed by atoms with Crippen LogP contribution in [0.1, 0.15) is 31.1 Å². The number of nitrogens with zero attached hydrogens (tertiary/aromatic N) is 1. The fraction of sp³-hybridized carbons (Fsp3) is 0.190. The van der Waals surface area contributed by atoms with Gasteiger partial charge in [-0.3, -0.25) is 9.59 Å². The second-order valence-electron chi connectivity index (χ2n) is 6.14. The van der Waals surface area contributed by atoms with Gasteiger partial charge in [-0.1, -0.05) is 35.0 Å². The minimum atomic E-state index is -0.479. The van der Waals surface area contributed by atoms with Crippen LogP contribution in [0.2, 0.25) is 5.02 Å². The van der Waals surface area contributed by atoms with Crippen molar-refractivity contribution >= 4 is 23.5 Å². The Bertz CT molecular complexity index is 980. The first-order valence-electron chi connectivity index (χ1n) is 8.60. The first-order chi connectivity index (χ1) is 13.4. The van der Waals surface area contributed by atoms with Gasteiger partial charge in [-0.05, 0) is 37.3 Å². The molecule has 0 aliphatic heterocycles. The molecule has 0 amide bonds. The van der Waals surface area contributed by atoms with E-state index >= 15 is 0 Å². The lowest BCUT2D eigenvalue weighted by atomic mass is 10.1. The van der Waals surface area contributed by atoms with Crippen LogP contribution < -0.4 is 4.74 Å². The lowest BCUT2D eigenvalue weighted by Crippen LogP contribution is -2.12. The highest BCUT2D eigenvalue weighted by molar-refractivity contribution is 6.31. The van der Waals surface area contributed by atoms with E-state index in [2.05, 4.69) is 5.16 Å². The highest BCUT2D eigenvalue weighted by Crippen LogP contribution is 2.27.